The molecule has 0 aromatic heterocycles. The minimum Gasteiger partial charge on any atom is -0.354 e. The lowest BCUT2D eigenvalue weighted by Gasteiger charge is -2.15. The molecule has 1 rings (SSSR count). The number of carbonyl (C=O) groups excluding carboxylic acids is 1. The van der Waals surface area contributed by atoms with Crippen molar-refractivity contribution in [1.29, 1.82) is 0 Å². The highest BCUT2D eigenvalue weighted by Gasteiger charge is 2.15. The van der Waals surface area contributed by atoms with Crippen molar-refractivity contribution in [3.63, 3.8) is 0 Å². The van der Waals surface area contributed by atoms with Crippen molar-refractivity contribution in [2.45, 2.75) is 26.3 Å². The van der Waals surface area contributed by atoms with Gasteiger partial charge in [0.2, 0.25) is 5.91 Å². The maximum absolute atomic E-state index is 11.5. The molecule has 0 saturated heterocycles. The van der Waals surface area contributed by atoms with Crippen molar-refractivity contribution < 1.29 is 4.79 Å². The van der Waals surface area contributed by atoms with Crippen molar-refractivity contribution in [2.75, 3.05) is 6.54 Å². The Morgan fingerprint density at radius 2 is 1.88 bits per heavy atom. The minimum absolute atomic E-state index is 0. The number of halogens is 1. The molecule has 0 saturated carbocycles. The lowest BCUT2D eigenvalue weighted by atomic mass is 10.0. The largest absolute Gasteiger partial charge is 0.354 e. The van der Waals surface area contributed by atoms with E-state index in [1.54, 1.807) is 0 Å². The van der Waals surface area contributed by atoms with Crippen LogP contribution in [0.5, 0.6) is 0 Å². The Hall–Kier alpha value is -1.06. The maximum atomic E-state index is 11.5. The first-order chi connectivity index (χ1) is 7.61. The van der Waals surface area contributed by atoms with Crippen LogP contribution in [-0.4, -0.2) is 18.5 Å². The van der Waals surface area contributed by atoms with Crippen LogP contribution in [0.2, 0.25) is 0 Å². The van der Waals surface area contributed by atoms with Crippen LogP contribution in [0.15, 0.2) is 30.3 Å². The number of benzene rings is 1. The van der Waals surface area contributed by atoms with Crippen LogP contribution in [-0.2, 0) is 11.2 Å². The van der Waals surface area contributed by atoms with Crippen LogP contribution < -0.4 is 11.1 Å². The van der Waals surface area contributed by atoms with E-state index in [0.717, 1.165) is 6.42 Å². The number of rotatable bonds is 5. The number of carbonyl (C=O) groups is 1. The summed E-state index contributed by atoms with van der Waals surface area (Å²) in [6, 6.07) is 9.67. The number of amides is 1. The molecule has 0 unspecified atom stereocenters. The van der Waals surface area contributed by atoms with Gasteiger partial charge in [-0.1, -0.05) is 44.2 Å². The van der Waals surface area contributed by atoms with Gasteiger partial charge in [0.1, 0.15) is 0 Å². The Labute approximate surface area is 109 Å². The van der Waals surface area contributed by atoms with Crippen molar-refractivity contribution >= 4 is 18.3 Å². The molecule has 1 atom stereocenters. The third-order valence-electron chi connectivity index (χ3n) is 2.58. The summed E-state index contributed by atoms with van der Waals surface area (Å²) >= 11 is 0. The molecule has 3 N–H and O–H groups in total. The van der Waals surface area contributed by atoms with E-state index in [-0.39, 0.29) is 24.2 Å². The van der Waals surface area contributed by atoms with E-state index in [1.807, 2.05) is 32.0 Å². The zero-order valence-corrected chi connectivity index (χ0v) is 11.2. The molecule has 0 bridgehead atoms. The molecule has 0 aliphatic carbocycles. The van der Waals surface area contributed by atoms with E-state index in [4.69, 9.17) is 5.73 Å². The highest BCUT2D eigenvalue weighted by Crippen LogP contribution is 2.00. The Morgan fingerprint density at radius 3 is 2.41 bits per heavy atom. The van der Waals surface area contributed by atoms with Gasteiger partial charge in [0.05, 0.1) is 6.04 Å². The Kier molecular flexibility index (Phi) is 7.59. The fraction of sp³-hybridized carbons (Fsp3) is 0.462. The van der Waals surface area contributed by atoms with E-state index in [2.05, 4.69) is 17.4 Å². The van der Waals surface area contributed by atoms with Crippen molar-refractivity contribution in [1.82, 2.24) is 5.32 Å². The van der Waals surface area contributed by atoms with Gasteiger partial charge in [0, 0.05) is 6.54 Å². The summed E-state index contributed by atoms with van der Waals surface area (Å²) in [4.78, 5) is 11.5. The average Bonchev–Trinajstić information content (AvgIpc) is 2.29. The van der Waals surface area contributed by atoms with Crippen LogP contribution in [0.1, 0.15) is 19.4 Å². The minimum atomic E-state index is -0.407. The molecule has 0 fully saturated rings. The summed E-state index contributed by atoms with van der Waals surface area (Å²) in [7, 11) is 0. The Bertz CT molecular complexity index is 327. The van der Waals surface area contributed by atoms with Gasteiger partial charge in [0.15, 0.2) is 0 Å². The first kappa shape index (κ1) is 15.9. The van der Waals surface area contributed by atoms with Gasteiger partial charge in [-0.05, 0) is 17.9 Å². The topological polar surface area (TPSA) is 55.1 Å². The van der Waals surface area contributed by atoms with E-state index in [9.17, 15) is 4.79 Å². The standard InChI is InChI=1S/C13H20N2O.ClH/c1-10(2)12(14)13(16)15-9-8-11-6-4-3-5-7-11;/h3-7,10,12H,8-9,14H2,1-2H3,(H,15,16);1H/t12-;/m0./s1. The van der Waals surface area contributed by atoms with Gasteiger partial charge in [-0.15, -0.1) is 12.4 Å². The maximum Gasteiger partial charge on any atom is 0.237 e. The van der Waals surface area contributed by atoms with Gasteiger partial charge in [0.25, 0.3) is 0 Å². The van der Waals surface area contributed by atoms with Crippen LogP contribution in [0, 0.1) is 5.92 Å². The third-order valence-corrected chi connectivity index (χ3v) is 2.58. The van der Waals surface area contributed by atoms with Crippen LogP contribution in [0.25, 0.3) is 0 Å². The normalized spacial score (nSPS) is 11.8. The quantitative estimate of drug-likeness (QED) is 0.843. The molecular formula is C13H21ClN2O. The van der Waals surface area contributed by atoms with Crippen molar-refractivity contribution in [2.24, 2.45) is 11.7 Å². The lowest BCUT2D eigenvalue weighted by molar-refractivity contribution is -0.123. The molecule has 96 valence electrons. The predicted molar refractivity (Wildman–Crippen MR) is 73.2 cm³/mol. The second-order valence-corrected chi connectivity index (χ2v) is 4.30. The van der Waals surface area contributed by atoms with E-state index >= 15 is 0 Å². The van der Waals surface area contributed by atoms with Crippen LogP contribution in [0.3, 0.4) is 0 Å². The summed E-state index contributed by atoms with van der Waals surface area (Å²) in [5, 5.41) is 2.85. The first-order valence-electron chi connectivity index (χ1n) is 5.68. The van der Waals surface area contributed by atoms with Gasteiger partial charge in [-0.3, -0.25) is 4.79 Å². The molecule has 0 radical (unpaired) electrons. The molecule has 3 nitrogen and oxygen atoms in total. The molecule has 1 amide bonds. The Balaban J connectivity index is 0.00000256. The molecule has 0 aliphatic rings. The summed E-state index contributed by atoms with van der Waals surface area (Å²) < 4.78 is 0. The monoisotopic (exact) mass is 256 g/mol. The van der Waals surface area contributed by atoms with E-state index in [0.29, 0.717) is 6.54 Å². The summed E-state index contributed by atoms with van der Waals surface area (Å²) in [5.41, 5.74) is 6.95. The predicted octanol–water partition coefficient (Wildman–Crippen LogP) is 1.75. The lowest BCUT2D eigenvalue weighted by Crippen LogP contribution is -2.44. The zero-order valence-electron chi connectivity index (χ0n) is 10.3. The van der Waals surface area contributed by atoms with Gasteiger partial charge >= 0.3 is 0 Å². The summed E-state index contributed by atoms with van der Waals surface area (Å²) in [6.07, 6.45) is 0.845. The summed E-state index contributed by atoms with van der Waals surface area (Å²) in [6.45, 7) is 4.53. The van der Waals surface area contributed by atoms with Gasteiger partial charge in [-0.2, -0.15) is 0 Å². The second kappa shape index (κ2) is 8.09. The van der Waals surface area contributed by atoms with Crippen molar-refractivity contribution in [3.05, 3.63) is 35.9 Å². The van der Waals surface area contributed by atoms with Gasteiger partial charge < -0.3 is 11.1 Å². The fourth-order valence-electron chi connectivity index (χ4n) is 1.40. The van der Waals surface area contributed by atoms with Gasteiger partial charge in [-0.25, -0.2) is 0 Å². The molecule has 0 heterocycles. The fourth-order valence-corrected chi connectivity index (χ4v) is 1.40. The van der Waals surface area contributed by atoms with Crippen molar-refractivity contribution in [3.8, 4) is 0 Å². The molecule has 4 heteroatoms. The SMILES string of the molecule is CC(C)[C@H](N)C(=O)NCCc1ccccc1.Cl. The van der Waals surface area contributed by atoms with Crippen LogP contribution >= 0.6 is 12.4 Å². The van der Waals surface area contributed by atoms with E-state index < -0.39 is 6.04 Å². The highest BCUT2D eigenvalue weighted by molar-refractivity contribution is 5.85. The van der Waals surface area contributed by atoms with Crippen LogP contribution in [0.4, 0.5) is 0 Å². The third kappa shape index (κ3) is 5.71. The molecule has 1 aromatic carbocycles. The molecule has 0 spiro atoms. The number of nitrogens with two attached hydrogens (primary N) is 1. The molecule has 0 aliphatic heterocycles. The number of hydrogen-bond acceptors (Lipinski definition) is 2. The van der Waals surface area contributed by atoms with E-state index in [1.165, 1.54) is 5.56 Å². The highest BCUT2D eigenvalue weighted by atomic mass is 35.5. The second-order valence-electron chi connectivity index (χ2n) is 4.30. The molecule has 1 aromatic rings. The summed E-state index contributed by atoms with van der Waals surface area (Å²) in [5.74, 6) is 0.114. The first-order valence-corrected chi connectivity index (χ1v) is 5.68. The molecular weight excluding hydrogens is 236 g/mol. The number of nitrogens with one attached hydrogen (secondary N) is 1. The zero-order chi connectivity index (χ0) is 12.0. The smallest absolute Gasteiger partial charge is 0.237 e. The number of hydrogen-bond donors (Lipinski definition) is 2. The average molecular weight is 257 g/mol. The molecule has 17 heavy (non-hydrogen) atoms. The Morgan fingerprint density at radius 1 is 1.29 bits per heavy atom.